The Morgan fingerprint density at radius 3 is 2.67 bits per heavy atom. The molecule has 1 rings (SSSR count). The molecule has 0 fully saturated rings. The molecule has 0 aliphatic heterocycles. The third-order valence-electron chi connectivity index (χ3n) is 2.95. The zero-order valence-electron chi connectivity index (χ0n) is 11.8. The van der Waals surface area contributed by atoms with Crippen LogP contribution < -0.4 is 4.74 Å². The Kier molecular flexibility index (Phi) is 5.69. The first-order chi connectivity index (χ1) is 8.54. The number of benzene rings is 1. The van der Waals surface area contributed by atoms with Gasteiger partial charge in [-0.05, 0) is 31.9 Å². The predicted octanol–water partition coefficient (Wildman–Crippen LogP) is 2.94. The molecule has 0 aliphatic rings. The largest absolute Gasteiger partial charge is 0.484 e. The summed E-state index contributed by atoms with van der Waals surface area (Å²) in [6, 6.07) is 5.97. The fourth-order valence-electron chi connectivity index (χ4n) is 1.73. The van der Waals surface area contributed by atoms with Gasteiger partial charge in [-0.1, -0.05) is 31.0 Å². The highest BCUT2D eigenvalue weighted by molar-refractivity contribution is 5.77. The summed E-state index contributed by atoms with van der Waals surface area (Å²) >= 11 is 0. The first-order valence-electron chi connectivity index (χ1n) is 6.48. The highest BCUT2D eigenvalue weighted by Gasteiger charge is 2.09. The smallest absolute Gasteiger partial charge is 0.260 e. The molecule has 0 saturated carbocycles. The minimum absolute atomic E-state index is 0.0309. The van der Waals surface area contributed by atoms with Crippen molar-refractivity contribution < 1.29 is 9.53 Å². The second-order valence-electron chi connectivity index (χ2n) is 4.73. The van der Waals surface area contributed by atoms with E-state index in [-0.39, 0.29) is 12.5 Å². The second kappa shape index (κ2) is 7.04. The summed E-state index contributed by atoms with van der Waals surface area (Å²) in [5.74, 6) is 0.821. The minimum Gasteiger partial charge on any atom is -0.484 e. The van der Waals surface area contributed by atoms with E-state index in [0.29, 0.717) is 0 Å². The molecular formula is C15H23NO2. The van der Waals surface area contributed by atoms with E-state index in [1.165, 1.54) is 5.56 Å². The zero-order chi connectivity index (χ0) is 13.5. The van der Waals surface area contributed by atoms with Crippen LogP contribution in [0.25, 0.3) is 0 Å². The van der Waals surface area contributed by atoms with Crippen LogP contribution in [0.1, 0.15) is 30.9 Å². The van der Waals surface area contributed by atoms with Crippen molar-refractivity contribution in [3.63, 3.8) is 0 Å². The zero-order valence-corrected chi connectivity index (χ0v) is 11.8. The molecule has 3 heteroatoms. The van der Waals surface area contributed by atoms with Gasteiger partial charge in [0.05, 0.1) is 0 Å². The van der Waals surface area contributed by atoms with Crippen LogP contribution in [0.5, 0.6) is 5.75 Å². The average molecular weight is 249 g/mol. The molecule has 0 heterocycles. The molecular weight excluding hydrogens is 226 g/mol. The normalized spacial score (nSPS) is 10.2. The summed E-state index contributed by atoms with van der Waals surface area (Å²) in [5.41, 5.74) is 2.27. The van der Waals surface area contributed by atoms with Gasteiger partial charge in [0.2, 0.25) is 0 Å². The molecule has 0 spiro atoms. The van der Waals surface area contributed by atoms with Gasteiger partial charge in [0, 0.05) is 13.6 Å². The maximum absolute atomic E-state index is 11.8. The molecule has 1 aromatic carbocycles. The van der Waals surface area contributed by atoms with Crippen molar-refractivity contribution >= 4 is 5.91 Å². The number of rotatable bonds is 6. The lowest BCUT2D eigenvalue weighted by molar-refractivity contribution is -0.132. The molecule has 0 aromatic heterocycles. The van der Waals surface area contributed by atoms with Crippen LogP contribution in [0.15, 0.2) is 18.2 Å². The Labute approximate surface area is 110 Å². The van der Waals surface area contributed by atoms with Crippen molar-refractivity contribution in [3.05, 3.63) is 29.3 Å². The number of likely N-dealkylation sites (N-methyl/N-ethyl adjacent to an activating group) is 1. The Hall–Kier alpha value is -1.51. The molecule has 0 unspecified atom stereocenters. The number of nitrogens with zero attached hydrogens (tertiary/aromatic N) is 1. The Bertz CT molecular complexity index is 401. The third-order valence-corrected chi connectivity index (χ3v) is 2.95. The van der Waals surface area contributed by atoms with Gasteiger partial charge in [0.1, 0.15) is 5.75 Å². The van der Waals surface area contributed by atoms with E-state index >= 15 is 0 Å². The number of hydrogen-bond donors (Lipinski definition) is 0. The maximum Gasteiger partial charge on any atom is 0.260 e. The first kappa shape index (κ1) is 14.6. The second-order valence-corrected chi connectivity index (χ2v) is 4.73. The van der Waals surface area contributed by atoms with Gasteiger partial charge in [-0.3, -0.25) is 4.79 Å². The number of unbranched alkanes of at least 4 members (excludes halogenated alkanes) is 1. The van der Waals surface area contributed by atoms with E-state index in [9.17, 15) is 4.79 Å². The van der Waals surface area contributed by atoms with Crippen molar-refractivity contribution in [1.29, 1.82) is 0 Å². The molecule has 0 atom stereocenters. The number of hydrogen-bond acceptors (Lipinski definition) is 2. The van der Waals surface area contributed by atoms with Crippen LogP contribution in [0.2, 0.25) is 0 Å². The molecule has 100 valence electrons. The highest BCUT2D eigenvalue weighted by Crippen LogP contribution is 2.18. The molecule has 1 amide bonds. The number of carbonyl (C=O) groups is 1. The van der Waals surface area contributed by atoms with Crippen LogP contribution in [-0.2, 0) is 4.79 Å². The van der Waals surface area contributed by atoms with Gasteiger partial charge in [-0.2, -0.15) is 0 Å². The Morgan fingerprint density at radius 2 is 2.06 bits per heavy atom. The van der Waals surface area contributed by atoms with Gasteiger partial charge >= 0.3 is 0 Å². The van der Waals surface area contributed by atoms with E-state index < -0.39 is 0 Å². The number of amides is 1. The summed E-state index contributed by atoms with van der Waals surface area (Å²) in [6.07, 6.45) is 2.13. The van der Waals surface area contributed by atoms with E-state index in [1.54, 1.807) is 4.90 Å². The first-order valence-corrected chi connectivity index (χ1v) is 6.48. The summed E-state index contributed by atoms with van der Waals surface area (Å²) < 4.78 is 5.56. The lowest BCUT2D eigenvalue weighted by Gasteiger charge is -2.17. The van der Waals surface area contributed by atoms with Crippen LogP contribution >= 0.6 is 0 Å². The van der Waals surface area contributed by atoms with Crippen LogP contribution in [0.3, 0.4) is 0 Å². The van der Waals surface area contributed by atoms with Crippen molar-refractivity contribution in [2.45, 2.75) is 33.6 Å². The Balaban J connectivity index is 2.47. The van der Waals surface area contributed by atoms with Gasteiger partial charge in [-0.25, -0.2) is 0 Å². The molecule has 18 heavy (non-hydrogen) atoms. The van der Waals surface area contributed by atoms with Crippen LogP contribution in [0, 0.1) is 13.8 Å². The van der Waals surface area contributed by atoms with Crippen LogP contribution in [0.4, 0.5) is 0 Å². The van der Waals surface area contributed by atoms with Gasteiger partial charge in [-0.15, -0.1) is 0 Å². The number of carbonyl (C=O) groups excluding carboxylic acids is 1. The summed E-state index contributed by atoms with van der Waals surface area (Å²) in [5, 5.41) is 0. The van der Waals surface area contributed by atoms with E-state index in [4.69, 9.17) is 4.74 Å². The lowest BCUT2D eigenvalue weighted by Crippen LogP contribution is -2.32. The molecule has 0 N–H and O–H groups in total. The van der Waals surface area contributed by atoms with E-state index in [1.807, 2.05) is 33.0 Å². The fourth-order valence-corrected chi connectivity index (χ4v) is 1.73. The lowest BCUT2D eigenvalue weighted by atomic mass is 10.1. The van der Waals surface area contributed by atoms with Crippen molar-refractivity contribution in [2.75, 3.05) is 20.2 Å². The molecule has 0 saturated heterocycles. The summed E-state index contributed by atoms with van der Waals surface area (Å²) in [4.78, 5) is 13.5. The monoisotopic (exact) mass is 249 g/mol. The summed E-state index contributed by atoms with van der Waals surface area (Å²) in [7, 11) is 1.82. The van der Waals surface area contributed by atoms with Gasteiger partial charge in [0.15, 0.2) is 6.61 Å². The topological polar surface area (TPSA) is 29.5 Å². The van der Waals surface area contributed by atoms with Gasteiger partial charge in [0.25, 0.3) is 5.91 Å². The van der Waals surface area contributed by atoms with Crippen molar-refractivity contribution in [1.82, 2.24) is 4.90 Å². The SMILES string of the molecule is CCCCN(C)C(=O)COc1ccc(C)cc1C. The highest BCUT2D eigenvalue weighted by atomic mass is 16.5. The standard InChI is InChI=1S/C15H23NO2/c1-5-6-9-16(4)15(17)11-18-14-8-7-12(2)10-13(14)3/h7-8,10H,5-6,9,11H2,1-4H3. The molecule has 0 radical (unpaired) electrons. The quantitative estimate of drug-likeness (QED) is 0.775. The molecule has 0 aliphatic carbocycles. The Morgan fingerprint density at radius 1 is 1.33 bits per heavy atom. The minimum atomic E-state index is 0.0309. The van der Waals surface area contributed by atoms with Crippen molar-refractivity contribution in [2.24, 2.45) is 0 Å². The molecule has 1 aromatic rings. The third kappa shape index (κ3) is 4.40. The van der Waals surface area contributed by atoms with Crippen molar-refractivity contribution in [3.8, 4) is 5.75 Å². The predicted molar refractivity (Wildman–Crippen MR) is 74.0 cm³/mol. The number of ether oxygens (including phenoxy) is 1. The fraction of sp³-hybridized carbons (Fsp3) is 0.533. The average Bonchev–Trinajstić information content (AvgIpc) is 2.34. The van der Waals surface area contributed by atoms with Gasteiger partial charge < -0.3 is 9.64 Å². The molecule has 0 bridgehead atoms. The van der Waals surface area contributed by atoms with E-state index in [2.05, 4.69) is 13.0 Å². The van der Waals surface area contributed by atoms with Crippen LogP contribution in [-0.4, -0.2) is 31.0 Å². The molecule has 3 nitrogen and oxygen atoms in total. The summed E-state index contributed by atoms with van der Waals surface area (Å²) in [6.45, 7) is 7.06. The van der Waals surface area contributed by atoms with E-state index in [0.717, 1.165) is 30.7 Å². The number of aryl methyl sites for hydroxylation is 2. The maximum atomic E-state index is 11.8.